The second-order valence-corrected chi connectivity index (χ2v) is 8.04. The molecule has 23 heavy (non-hydrogen) atoms. The molecule has 2 aliphatic rings. The van der Waals surface area contributed by atoms with Crippen LogP contribution in [0, 0.1) is 0 Å². The van der Waals surface area contributed by atoms with Crippen molar-refractivity contribution in [3.63, 3.8) is 0 Å². The highest BCUT2D eigenvalue weighted by atomic mass is 35.5. The van der Waals surface area contributed by atoms with Gasteiger partial charge >= 0.3 is 0 Å². The summed E-state index contributed by atoms with van der Waals surface area (Å²) < 4.78 is 0. The lowest BCUT2D eigenvalue weighted by Gasteiger charge is -2.24. The molecule has 2 aromatic rings. The predicted molar refractivity (Wildman–Crippen MR) is 95.6 cm³/mol. The minimum atomic E-state index is 0.672. The zero-order chi connectivity index (χ0) is 15.8. The van der Waals surface area contributed by atoms with Crippen LogP contribution in [0.25, 0.3) is 0 Å². The van der Waals surface area contributed by atoms with Gasteiger partial charge in [-0.25, -0.2) is 0 Å². The number of halogens is 1. The Kier molecular flexibility index (Phi) is 4.26. The van der Waals surface area contributed by atoms with Crippen LogP contribution < -0.4 is 4.90 Å². The Morgan fingerprint density at radius 2 is 1.91 bits per heavy atom. The van der Waals surface area contributed by atoms with Gasteiger partial charge in [0, 0.05) is 36.6 Å². The van der Waals surface area contributed by atoms with Crippen molar-refractivity contribution in [2.75, 3.05) is 25.0 Å². The van der Waals surface area contributed by atoms with Gasteiger partial charge in [0.15, 0.2) is 0 Å². The van der Waals surface area contributed by atoms with Gasteiger partial charge in [-0.2, -0.15) is 0 Å². The molecule has 2 aliphatic heterocycles. The summed E-state index contributed by atoms with van der Waals surface area (Å²) in [6, 6.07) is 9.41. The van der Waals surface area contributed by atoms with Crippen molar-refractivity contribution >= 4 is 28.1 Å². The summed E-state index contributed by atoms with van der Waals surface area (Å²) in [6.45, 7) is 2.18. The lowest BCUT2D eigenvalue weighted by atomic mass is 10.1. The molecule has 0 saturated carbocycles. The second-order valence-electron chi connectivity index (χ2n) is 6.57. The highest BCUT2D eigenvalue weighted by Gasteiger charge is 2.35. The lowest BCUT2D eigenvalue weighted by molar-refractivity contribution is 0.254. The summed E-state index contributed by atoms with van der Waals surface area (Å²) in [6.07, 6.45) is 4.73. The molecule has 4 nitrogen and oxygen atoms in total. The first-order valence-electron chi connectivity index (χ1n) is 8.23. The first-order chi connectivity index (χ1) is 11.2. The third kappa shape index (κ3) is 3.23. The van der Waals surface area contributed by atoms with Crippen molar-refractivity contribution in [2.45, 2.75) is 37.8 Å². The first kappa shape index (κ1) is 15.4. The van der Waals surface area contributed by atoms with Crippen LogP contribution in [-0.4, -0.2) is 47.3 Å². The number of aromatic nitrogens is 2. The van der Waals surface area contributed by atoms with E-state index in [1.165, 1.54) is 24.8 Å². The highest BCUT2D eigenvalue weighted by Crippen LogP contribution is 2.32. The van der Waals surface area contributed by atoms with Crippen LogP contribution in [0.4, 0.5) is 5.13 Å². The van der Waals surface area contributed by atoms with E-state index in [0.29, 0.717) is 6.04 Å². The topological polar surface area (TPSA) is 32.3 Å². The fourth-order valence-corrected chi connectivity index (χ4v) is 4.74. The molecule has 1 aromatic carbocycles. The molecule has 122 valence electrons. The van der Waals surface area contributed by atoms with Crippen LogP contribution in [0.2, 0.25) is 5.02 Å². The smallest absolute Gasteiger partial charge is 0.208 e. The number of hydrogen-bond donors (Lipinski definition) is 0. The Hall–Kier alpha value is -1.17. The van der Waals surface area contributed by atoms with Crippen LogP contribution >= 0.6 is 22.9 Å². The largest absolute Gasteiger partial charge is 0.345 e. The Bertz CT molecular complexity index is 671. The Morgan fingerprint density at radius 3 is 2.74 bits per heavy atom. The minimum Gasteiger partial charge on any atom is -0.345 e. The predicted octanol–water partition coefficient (Wildman–Crippen LogP) is 3.46. The van der Waals surface area contributed by atoms with Crippen LogP contribution in [0.15, 0.2) is 24.3 Å². The monoisotopic (exact) mass is 348 g/mol. The van der Waals surface area contributed by atoms with Crippen LogP contribution in [0.1, 0.15) is 29.8 Å². The molecule has 2 fully saturated rings. The summed E-state index contributed by atoms with van der Waals surface area (Å²) in [5.74, 6) is 0. The van der Waals surface area contributed by atoms with Crippen molar-refractivity contribution in [3.05, 3.63) is 39.9 Å². The maximum atomic E-state index is 5.94. The van der Waals surface area contributed by atoms with E-state index in [1.807, 2.05) is 12.1 Å². The number of fused-ring (bicyclic) bond motifs is 2. The number of nitrogens with zero attached hydrogens (tertiary/aromatic N) is 4. The number of hydrogen-bond acceptors (Lipinski definition) is 5. The molecule has 2 saturated heterocycles. The number of rotatable bonds is 3. The Morgan fingerprint density at radius 1 is 1.13 bits per heavy atom. The summed E-state index contributed by atoms with van der Waals surface area (Å²) in [5, 5.41) is 11.8. The minimum absolute atomic E-state index is 0.672. The summed E-state index contributed by atoms with van der Waals surface area (Å²) in [5.41, 5.74) is 1.23. The average molecular weight is 349 g/mol. The average Bonchev–Trinajstić information content (AvgIpc) is 3.07. The molecule has 2 bridgehead atoms. The highest BCUT2D eigenvalue weighted by molar-refractivity contribution is 7.15. The number of likely N-dealkylation sites (N-methyl/N-ethyl adjacent to an activating group) is 1. The molecule has 2 unspecified atom stereocenters. The maximum absolute atomic E-state index is 5.94. The summed E-state index contributed by atoms with van der Waals surface area (Å²) >= 11 is 7.67. The summed E-state index contributed by atoms with van der Waals surface area (Å²) in [4.78, 5) is 5.00. The maximum Gasteiger partial charge on any atom is 0.208 e. The van der Waals surface area contributed by atoms with Gasteiger partial charge in [0.25, 0.3) is 0 Å². The third-order valence-electron chi connectivity index (χ3n) is 5.14. The van der Waals surface area contributed by atoms with E-state index in [2.05, 4.69) is 39.2 Å². The van der Waals surface area contributed by atoms with Crippen LogP contribution in [0.3, 0.4) is 0 Å². The van der Waals surface area contributed by atoms with Crippen molar-refractivity contribution < 1.29 is 0 Å². The summed E-state index contributed by atoms with van der Waals surface area (Å²) in [7, 11) is 2.28. The van der Waals surface area contributed by atoms with Crippen molar-refractivity contribution in [1.82, 2.24) is 15.1 Å². The molecule has 6 heteroatoms. The van der Waals surface area contributed by atoms with Crippen molar-refractivity contribution in [1.29, 1.82) is 0 Å². The van der Waals surface area contributed by atoms with E-state index in [9.17, 15) is 0 Å². The quantitative estimate of drug-likeness (QED) is 0.850. The zero-order valence-electron chi connectivity index (χ0n) is 13.3. The van der Waals surface area contributed by atoms with Gasteiger partial charge in [-0.1, -0.05) is 35.1 Å². The van der Waals surface area contributed by atoms with E-state index in [-0.39, 0.29) is 0 Å². The Balaban J connectivity index is 1.46. The van der Waals surface area contributed by atoms with E-state index < -0.39 is 0 Å². The Labute approximate surface area is 146 Å². The molecule has 1 aromatic heterocycles. The molecule has 0 aliphatic carbocycles. The normalized spacial score (nSPS) is 24.9. The van der Waals surface area contributed by atoms with Gasteiger partial charge in [0.05, 0.1) is 0 Å². The molecule has 0 radical (unpaired) electrons. The van der Waals surface area contributed by atoms with Crippen molar-refractivity contribution in [2.24, 2.45) is 0 Å². The molecular weight excluding hydrogens is 328 g/mol. The van der Waals surface area contributed by atoms with E-state index in [1.54, 1.807) is 11.3 Å². The van der Waals surface area contributed by atoms with E-state index >= 15 is 0 Å². The molecule has 0 spiro atoms. The fraction of sp³-hybridized carbons (Fsp3) is 0.529. The molecule has 2 atom stereocenters. The van der Waals surface area contributed by atoms with Crippen LogP contribution in [0.5, 0.6) is 0 Å². The lowest BCUT2D eigenvalue weighted by Crippen LogP contribution is -2.36. The van der Waals surface area contributed by atoms with Gasteiger partial charge in [-0.3, -0.25) is 4.90 Å². The second kappa shape index (κ2) is 6.38. The standard InChI is InChI=1S/C17H21ClN4S/c1-21-14-6-7-15(21)11-22(9-8-14)17-20-19-16(23-17)10-12-2-4-13(18)5-3-12/h2-5,14-15H,6-11H2,1H3. The fourth-order valence-electron chi connectivity index (χ4n) is 3.70. The van der Waals surface area contributed by atoms with Gasteiger partial charge in [-0.15, -0.1) is 10.2 Å². The van der Waals surface area contributed by atoms with Gasteiger partial charge in [-0.05, 0) is 44.0 Å². The van der Waals surface area contributed by atoms with Crippen LogP contribution in [-0.2, 0) is 6.42 Å². The molecule has 0 amide bonds. The van der Waals surface area contributed by atoms with E-state index in [0.717, 1.165) is 40.7 Å². The van der Waals surface area contributed by atoms with Gasteiger partial charge in [0.1, 0.15) is 5.01 Å². The molecule has 4 rings (SSSR count). The third-order valence-corrected chi connectivity index (χ3v) is 6.38. The van der Waals surface area contributed by atoms with Crippen molar-refractivity contribution in [3.8, 4) is 0 Å². The van der Waals surface area contributed by atoms with Gasteiger partial charge < -0.3 is 4.90 Å². The number of benzene rings is 1. The van der Waals surface area contributed by atoms with E-state index in [4.69, 9.17) is 11.6 Å². The van der Waals surface area contributed by atoms with Gasteiger partial charge in [0.2, 0.25) is 5.13 Å². The molecule has 0 N–H and O–H groups in total. The zero-order valence-corrected chi connectivity index (χ0v) is 14.9. The molecular formula is C17H21ClN4S. The number of anilines is 1. The SMILES string of the molecule is CN1C2CCC1CN(c1nnc(Cc3ccc(Cl)cc3)s1)CC2. The molecule has 3 heterocycles. The first-order valence-corrected chi connectivity index (χ1v) is 9.42.